The first kappa shape index (κ1) is 19.5. The SMILES string of the molecule is CCN(C(=O)c1cncc(C(=O)N2CCN(C(C)=O)CC2)c1)c1ccccc1. The minimum absolute atomic E-state index is 0.0157. The molecular weight excluding hydrogens is 356 g/mol. The van der Waals surface area contributed by atoms with Gasteiger partial charge >= 0.3 is 0 Å². The second-order valence-electron chi connectivity index (χ2n) is 6.65. The Balaban J connectivity index is 1.75. The van der Waals surface area contributed by atoms with Gasteiger partial charge in [0, 0.05) is 57.7 Å². The molecule has 0 aliphatic carbocycles. The van der Waals surface area contributed by atoms with Gasteiger partial charge in [-0.3, -0.25) is 19.4 Å². The first-order valence-corrected chi connectivity index (χ1v) is 9.38. The molecule has 1 aliphatic rings. The summed E-state index contributed by atoms with van der Waals surface area (Å²) in [7, 11) is 0. The number of carbonyl (C=O) groups excluding carboxylic acids is 3. The summed E-state index contributed by atoms with van der Waals surface area (Å²) in [5.41, 5.74) is 1.55. The molecule has 1 aliphatic heterocycles. The average molecular weight is 380 g/mol. The van der Waals surface area contributed by atoms with Gasteiger partial charge in [0.15, 0.2) is 0 Å². The highest BCUT2D eigenvalue weighted by Crippen LogP contribution is 2.17. The van der Waals surface area contributed by atoms with E-state index in [1.54, 1.807) is 20.8 Å². The second kappa shape index (κ2) is 8.65. The lowest BCUT2D eigenvalue weighted by molar-refractivity contribution is -0.130. The highest BCUT2D eigenvalue weighted by atomic mass is 16.2. The van der Waals surface area contributed by atoms with E-state index in [9.17, 15) is 14.4 Å². The van der Waals surface area contributed by atoms with Gasteiger partial charge < -0.3 is 14.7 Å². The summed E-state index contributed by atoms with van der Waals surface area (Å²) in [6, 6.07) is 11.0. The van der Waals surface area contributed by atoms with Crippen molar-refractivity contribution in [2.45, 2.75) is 13.8 Å². The Bertz CT molecular complexity index is 861. The largest absolute Gasteiger partial charge is 0.339 e. The summed E-state index contributed by atoms with van der Waals surface area (Å²) in [4.78, 5) is 46.4. The van der Waals surface area contributed by atoms with Crippen LogP contribution in [0.2, 0.25) is 0 Å². The van der Waals surface area contributed by atoms with Gasteiger partial charge in [-0.1, -0.05) is 18.2 Å². The molecule has 146 valence electrons. The van der Waals surface area contributed by atoms with Gasteiger partial charge in [0.2, 0.25) is 5.91 Å². The van der Waals surface area contributed by atoms with Crippen LogP contribution in [-0.2, 0) is 4.79 Å². The van der Waals surface area contributed by atoms with Gasteiger partial charge in [0.1, 0.15) is 0 Å². The Kier molecular flexibility index (Phi) is 6.03. The van der Waals surface area contributed by atoms with Gasteiger partial charge in [-0.05, 0) is 25.1 Å². The number of anilines is 1. The van der Waals surface area contributed by atoms with E-state index in [1.807, 2.05) is 37.3 Å². The van der Waals surface area contributed by atoms with Crippen LogP contribution >= 0.6 is 0 Å². The van der Waals surface area contributed by atoms with Gasteiger partial charge in [0.05, 0.1) is 11.1 Å². The van der Waals surface area contributed by atoms with Gasteiger partial charge in [0.25, 0.3) is 11.8 Å². The Labute approximate surface area is 164 Å². The van der Waals surface area contributed by atoms with E-state index < -0.39 is 0 Å². The third-order valence-electron chi connectivity index (χ3n) is 4.87. The van der Waals surface area contributed by atoms with E-state index in [4.69, 9.17) is 0 Å². The van der Waals surface area contributed by atoms with Crippen LogP contribution in [0.25, 0.3) is 0 Å². The molecule has 28 heavy (non-hydrogen) atoms. The molecule has 7 nitrogen and oxygen atoms in total. The predicted octanol–water partition coefficient (Wildman–Crippen LogP) is 2.05. The molecular formula is C21H24N4O3. The van der Waals surface area contributed by atoms with Crippen molar-refractivity contribution in [3.8, 4) is 0 Å². The molecule has 0 atom stereocenters. The van der Waals surface area contributed by atoms with E-state index >= 15 is 0 Å². The Morgan fingerprint density at radius 1 is 0.964 bits per heavy atom. The molecule has 0 radical (unpaired) electrons. The van der Waals surface area contributed by atoms with Crippen LogP contribution in [0.1, 0.15) is 34.6 Å². The lowest BCUT2D eigenvalue weighted by Crippen LogP contribution is -2.50. The third-order valence-corrected chi connectivity index (χ3v) is 4.87. The average Bonchev–Trinajstić information content (AvgIpc) is 2.74. The molecule has 1 aromatic heterocycles. The van der Waals surface area contributed by atoms with E-state index in [-0.39, 0.29) is 17.7 Å². The topological polar surface area (TPSA) is 73.8 Å². The number of hydrogen-bond acceptors (Lipinski definition) is 4. The molecule has 0 spiro atoms. The number of pyridine rings is 1. The minimum Gasteiger partial charge on any atom is -0.339 e. The number of nitrogens with zero attached hydrogens (tertiary/aromatic N) is 4. The number of amides is 3. The lowest BCUT2D eigenvalue weighted by atomic mass is 10.1. The standard InChI is InChI=1S/C21H24N4O3/c1-3-25(19-7-5-4-6-8-19)21(28)18-13-17(14-22-15-18)20(27)24-11-9-23(10-12-24)16(2)26/h4-8,13-15H,3,9-12H2,1-2H3. The van der Waals surface area contributed by atoms with Gasteiger partial charge in [-0.2, -0.15) is 0 Å². The maximum atomic E-state index is 13.0. The summed E-state index contributed by atoms with van der Waals surface area (Å²) in [6.07, 6.45) is 2.97. The number of hydrogen-bond donors (Lipinski definition) is 0. The first-order chi connectivity index (χ1) is 13.5. The fourth-order valence-corrected chi connectivity index (χ4v) is 3.29. The molecule has 0 bridgehead atoms. The summed E-state index contributed by atoms with van der Waals surface area (Å²) in [5, 5.41) is 0. The minimum atomic E-state index is -0.197. The fourth-order valence-electron chi connectivity index (χ4n) is 3.29. The molecule has 1 aromatic carbocycles. The third kappa shape index (κ3) is 4.19. The van der Waals surface area contributed by atoms with Crippen molar-refractivity contribution in [1.29, 1.82) is 0 Å². The van der Waals surface area contributed by atoms with Crippen molar-refractivity contribution in [2.75, 3.05) is 37.6 Å². The monoisotopic (exact) mass is 380 g/mol. The second-order valence-corrected chi connectivity index (χ2v) is 6.65. The number of para-hydroxylation sites is 1. The zero-order chi connectivity index (χ0) is 20.1. The zero-order valence-corrected chi connectivity index (χ0v) is 16.2. The van der Waals surface area contributed by atoms with E-state index in [1.165, 1.54) is 19.3 Å². The molecule has 3 amide bonds. The molecule has 3 rings (SSSR count). The van der Waals surface area contributed by atoms with Crippen LogP contribution in [0.3, 0.4) is 0 Å². The number of carbonyl (C=O) groups is 3. The van der Waals surface area contributed by atoms with Crippen LogP contribution in [0.15, 0.2) is 48.8 Å². The van der Waals surface area contributed by atoms with Crippen molar-refractivity contribution in [2.24, 2.45) is 0 Å². The number of rotatable bonds is 4. The number of piperazine rings is 1. The van der Waals surface area contributed by atoms with Crippen LogP contribution in [0.5, 0.6) is 0 Å². The van der Waals surface area contributed by atoms with Crippen LogP contribution in [-0.4, -0.2) is 65.2 Å². The Morgan fingerprint density at radius 3 is 2.18 bits per heavy atom. The van der Waals surface area contributed by atoms with Crippen molar-refractivity contribution in [1.82, 2.24) is 14.8 Å². The molecule has 0 saturated carbocycles. The van der Waals surface area contributed by atoms with Crippen molar-refractivity contribution >= 4 is 23.4 Å². The smallest absolute Gasteiger partial charge is 0.259 e. The number of benzene rings is 1. The molecule has 7 heteroatoms. The van der Waals surface area contributed by atoms with Crippen molar-refractivity contribution < 1.29 is 14.4 Å². The molecule has 1 saturated heterocycles. The first-order valence-electron chi connectivity index (χ1n) is 9.38. The zero-order valence-electron chi connectivity index (χ0n) is 16.2. The normalized spacial score (nSPS) is 13.9. The molecule has 1 fully saturated rings. The Morgan fingerprint density at radius 2 is 1.57 bits per heavy atom. The highest BCUT2D eigenvalue weighted by molar-refractivity contribution is 6.07. The van der Waals surface area contributed by atoms with Crippen LogP contribution in [0, 0.1) is 0 Å². The maximum absolute atomic E-state index is 13.0. The summed E-state index contributed by atoms with van der Waals surface area (Å²) in [5.74, 6) is -0.354. The number of aromatic nitrogens is 1. The van der Waals surface area contributed by atoms with Crippen molar-refractivity contribution in [3.05, 3.63) is 59.9 Å². The summed E-state index contributed by atoms with van der Waals surface area (Å²) < 4.78 is 0. The Hall–Kier alpha value is -3.22. The molecule has 2 aromatic rings. The van der Waals surface area contributed by atoms with Gasteiger partial charge in [-0.15, -0.1) is 0 Å². The maximum Gasteiger partial charge on any atom is 0.259 e. The summed E-state index contributed by atoms with van der Waals surface area (Å²) in [6.45, 7) is 5.93. The highest BCUT2D eigenvalue weighted by Gasteiger charge is 2.24. The molecule has 0 unspecified atom stereocenters. The van der Waals surface area contributed by atoms with E-state index in [0.29, 0.717) is 43.9 Å². The predicted molar refractivity (Wildman–Crippen MR) is 106 cm³/mol. The van der Waals surface area contributed by atoms with E-state index in [2.05, 4.69) is 4.98 Å². The van der Waals surface area contributed by atoms with Crippen LogP contribution in [0.4, 0.5) is 5.69 Å². The molecule has 0 N–H and O–H groups in total. The fraction of sp³-hybridized carbons (Fsp3) is 0.333. The van der Waals surface area contributed by atoms with E-state index in [0.717, 1.165) is 5.69 Å². The summed E-state index contributed by atoms with van der Waals surface area (Å²) >= 11 is 0. The van der Waals surface area contributed by atoms with Crippen LogP contribution < -0.4 is 4.90 Å². The molecule has 2 heterocycles. The van der Waals surface area contributed by atoms with Crippen molar-refractivity contribution in [3.63, 3.8) is 0 Å². The lowest BCUT2D eigenvalue weighted by Gasteiger charge is -2.34. The quantitative estimate of drug-likeness (QED) is 0.814. The van der Waals surface area contributed by atoms with Gasteiger partial charge in [-0.25, -0.2) is 0 Å².